The van der Waals surface area contributed by atoms with E-state index in [1.165, 1.54) is 13.2 Å². The number of amides is 3. The van der Waals surface area contributed by atoms with E-state index >= 15 is 0 Å². The molecule has 0 spiro atoms. The van der Waals surface area contributed by atoms with E-state index in [2.05, 4.69) is 20.1 Å². The van der Waals surface area contributed by atoms with E-state index in [1.54, 1.807) is 24.3 Å². The third kappa shape index (κ3) is 5.92. The number of rotatable bonds is 11. The number of unbranched alkanes of at least 4 members (excludes halogenated alkanes) is 1. The second-order valence-corrected chi connectivity index (χ2v) is 9.45. The Morgan fingerprint density at radius 2 is 1.77 bits per heavy atom. The van der Waals surface area contributed by atoms with Gasteiger partial charge in [-0.05, 0) is 43.2 Å². The van der Waals surface area contributed by atoms with Gasteiger partial charge in [-0.25, -0.2) is 9.78 Å². The number of benzene rings is 1. The van der Waals surface area contributed by atoms with Crippen LogP contribution >= 0.6 is 0 Å². The van der Waals surface area contributed by atoms with Gasteiger partial charge in [0.1, 0.15) is 18.1 Å². The average Bonchev–Trinajstić information content (AvgIpc) is 3.22. The van der Waals surface area contributed by atoms with Crippen LogP contribution in [0.1, 0.15) is 63.7 Å². The number of pyridine rings is 1. The van der Waals surface area contributed by atoms with Gasteiger partial charge in [-0.3, -0.25) is 19.3 Å². The molecule has 2 aliphatic rings. The molecule has 11 nitrogen and oxygen atoms in total. The van der Waals surface area contributed by atoms with Crippen molar-refractivity contribution in [3.8, 4) is 0 Å². The molecule has 1 atom stereocenters. The average molecular weight is 536 g/mol. The van der Waals surface area contributed by atoms with Crippen molar-refractivity contribution < 1.29 is 28.7 Å². The highest BCUT2D eigenvalue weighted by Crippen LogP contribution is 2.30. The number of nitrogens with one attached hydrogen (secondary N) is 1. The Balaban J connectivity index is 1.40. The van der Waals surface area contributed by atoms with Gasteiger partial charge in [0.15, 0.2) is 0 Å². The minimum atomic E-state index is -1.04. The molecule has 206 valence electrons. The molecule has 1 aromatic carbocycles. The summed E-state index contributed by atoms with van der Waals surface area (Å²) in [6, 6.07) is 7.62. The van der Waals surface area contributed by atoms with Gasteiger partial charge in [-0.1, -0.05) is 13.3 Å². The number of ether oxygens (including phenoxy) is 1. The van der Waals surface area contributed by atoms with Crippen LogP contribution in [-0.2, 0) is 14.3 Å². The highest BCUT2D eigenvalue weighted by molar-refractivity contribution is 6.23. The lowest BCUT2D eigenvalue weighted by molar-refractivity contribution is -0.124. The van der Waals surface area contributed by atoms with Gasteiger partial charge in [0, 0.05) is 51.5 Å². The second-order valence-electron chi connectivity index (χ2n) is 9.45. The number of fused-ring (bicyclic) bond motifs is 1. The van der Waals surface area contributed by atoms with Gasteiger partial charge in [0.05, 0.1) is 23.3 Å². The normalized spacial score (nSPS) is 15.7. The van der Waals surface area contributed by atoms with Crippen LogP contribution in [0.4, 0.5) is 11.5 Å². The monoisotopic (exact) mass is 535 g/mol. The van der Waals surface area contributed by atoms with E-state index in [1.807, 2.05) is 13.0 Å². The van der Waals surface area contributed by atoms with Crippen molar-refractivity contribution in [1.29, 1.82) is 0 Å². The molecule has 11 heteroatoms. The number of piperazine rings is 1. The summed E-state index contributed by atoms with van der Waals surface area (Å²) in [6.07, 6.45) is 4.10. The molecule has 1 aromatic heterocycles. The van der Waals surface area contributed by atoms with Crippen molar-refractivity contribution in [2.45, 2.75) is 38.6 Å². The number of aldehydes is 1. The van der Waals surface area contributed by atoms with Crippen LogP contribution in [0.2, 0.25) is 0 Å². The molecule has 3 heterocycles. The lowest BCUT2D eigenvalue weighted by atomic mass is 10.1. The molecule has 0 radical (unpaired) electrons. The van der Waals surface area contributed by atoms with E-state index in [9.17, 15) is 24.0 Å². The number of anilines is 2. The van der Waals surface area contributed by atoms with Gasteiger partial charge < -0.3 is 24.6 Å². The summed E-state index contributed by atoms with van der Waals surface area (Å²) in [5, 5.41) is 2.48. The van der Waals surface area contributed by atoms with Crippen molar-refractivity contribution in [2.75, 3.05) is 49.6 Å². The Morgan fingerprint density at radius 1 is 1.05 bits per heavy atom. The quantitative estimate of drug-likeness (QED) is 0.199. The Hall–Kier alpha value is -4.28. The van der Waals surface area contributed by atoms with Crippen LogP contribution in [0, 0.1) is 0 Å². The minimum Gasteiger partial charge on any atom is -0.462 e. The van der Waals surface area contributed by atoms with Gasteiger partial charge in [0.2, 0.25) is 5.91 Å². The first-order valence-electron chi connectivity index (χ1n) is 13.2. The largest absolute Gasteiger partial charge is 0.462 e. The Labute approximate surface area is 227 Å². The van der Waals surface area contributed by atoms with Gasteiger partial charge in [-0.2, -0.15) is 0 Å². The molecule has 2 aromatic rings. The van der Waals surface area contributed by atoms with Crippen LogP contribution in [0.15, 0.2) is 36.5 Å². The van der Waals surface area contributed by atoms with Gasteiger partial charge in [-0.15, -0.1) is 0 Å². The zero-order valence-electron chi connectivity index (χ0n) is 22.2. The summed E-state index contributed by atoms with van der Waals surface area (Å²) in [5.41, 5.74) is 1.73. The molecule has 1 unspecified atom stereocenters. The zero-order valence-corrected chi connectivity index (χ0v) is 22.2. The van der Waals surface area contributed by atoms with Crippen molar-refractivity contribution in [3.63, 3.8) is 0 Å². The van der Waals surface area contributed by atoms with E-state index in [4.69, 9.17) is 4.74 Å². The first-order valence-corrected chi connectivity index (χ1v) is 13.2. The first-order chi connectivity index (χ1) is 18.9. The molecule has 3 amide bonds. The number of likely N-dealkylation sites (N-methyl/N-ethyl adjacent to an activating group) is 1. The number of aromatic nitrogens is 1. The topological polar surface area (TPSA) is 129 Å². The molecule has 0 aliphatic carbocycles. The fourth-order valence-corrected chi connectivity index (χ4v) is 4.78. The number of esters is 1. The number of hydrogen-bond donors (Lipinski definition) is 1. The predicted octanol–water partition coefficient (Wildman–Crippen LogP) is 2.05. The highest BCUT2D eigenvalue weighted by Gasteiger charge is 2.42. The van der Waals surface area contributed by atoms with Gasteiger partial charge in [0.25, 0.3) is 11.8 Å². The predicted molar refractivity (Wildman–Crippen MR) is 144 cm³/mol. The molecular weight excluding hydrogens is 502 g/mol. The maximum Gasteiger partial charge on any atom is 0.339 e. The molecule has 4 rings (SSSR count). The van der Waals surface area contributed by atoms with Crippen LogP contribution in [-0.4, -0.2) is 85.7 Å². The lowest BCUT2D eigenvalue weighted by Gasteiger charge is -2.36. The second kappa shape index (κ2) is 12.5. The van der Waals surface area contributed by atoms with Crippen molar-refractivity contribution >= 4 is 41.5 Å². The summed E-state index contributed by atoms with van der Waals surface area (Å²) in [5.74, 6) is -1.17. The molecule has 1 fully saturated rings. The fourth-order valence-electron chi connectivity index (χ4n) is 4.78. The van der Waals surface area contributed by atoms with E-state index < -0.39 is 23.8 Å². The standard InChI is InChI=1S/C28H33N5O6/c1-3-4-16-39-28(38)19-7-10-24(30-18-19)32-13-11-31(12-14-32)20-8-9-21-22(17-20)27(37)33(26(21)36)23(6-5-15-34)25(35)29-2/h7-10,15,17-18,23H,3-6,11-14,16H2,1-2H3,(H,29,35). The van der Waals surface area contributed by atoms with Crippen LogP contribution < -0.4 is 15.1 Å². The number of nitrogens with zero attached hydrogens (tertiary/aromatic N) is 4. The number of imide groups is 1. The SMILES string of the molecule is CCCCOC(=O)c1ccc(N2CCN(c3ccc4c(c3)C(=O)N(C(CCC=O)C(=O)NC)C4=O)CC2)nc1. The highest BCUT2D eigenvalue weighted by atomic mass is 16.5. The molecule has 1 saturated heterocycles. The minimum absolute atomic E-state index is 0.0572. The molecular formula is C28H33N5O6. The molecule has 1 N–H and O–H groups in total. The maximum atomic E-state index is 13.2. The molecule has 0 bridgehead atoms. The Kier molecular flexibility index (Phi) is 8.90. The van der Waals surface area contributed by atoms with Gasteiger partial charge >= 0.3 is 5.97 Å². The Morgan fingerprint density at radius 3 is 2.41 bits per heavy atom. The Bertz CT molecular complexity index is 1240. The van der Waals surface area contributed by atoms with Crippen molar-refractivity contribution in [2.24, 2.45) is 0 Å². The summed E-state index contributed by atoms with van der Waals surface area (Å²) >= 11 is 0. The first kappa shape index (κ1) is 27.7. The van der Waals surface area contributed by atoms with Crippen LogP contribution in [0.5, 0.6) is 0 Å². The number of carbonyl (C=O) groups is 5. The third-order valence-corrected chi connectivity index (χ3v) is 7.00. The van der Waals surface area contributed by atoms with Crippen LogP contribution in [0.25, 0.3) is 0 Å². The van der Waals surface area contributed by atoms with Crippen molar-refractivity contribution in [1.82, 2.24) is 15.2 Å². The third-order valence-electron chi connectivity index (χ3n) is 7.00. The van der Waals surface area contributed by atoms with Crippen LogP contribution in [0.3, 0.4) is 0 Å². The van der Waals surface area contributed by atoms with E-state index in [-0.39, 0.29) is 29.9 Å². The number of carbonyl (C=O) groups excluding carboxylic acids is 5. The molecule has 0 saturated carbocycles. The summed E-state index contributed by atoms with van der Waals surface area (Å²) < 4.78 is 5.24. The smallest absolute Gasteiger partial charge is 0.339 e. The zero-order chi connectivity index (χ0) is 27.9. The number of hydrogen-bond acceptors (Lipinski definition) is 9. The summed E-state index contributed by atoms with van der Waals surface area (Å²) in [7, 11) is 1.43. The van der Waals surface area contributed by atoms with E-state index in [0.717, 1.165) is 29.2 Å². The van der Waals surface area contributed by atoms with E-state index in [0.29, 0.717) is 44.6 Å². The van der Waals surface area contributed by atoms with Crippen molar-refractivity contribution in [3.05, 3.63) is 53.2 Å². The fraction of sp³-hybridized carbons (Fsp3) is 0.429. The molecule has 39 heavy (non-hydrogen) atoms. The summed E-state index contributed by atoms with van der Waals surface area (Å²) in [6.45, 7) is 5.10. The maximum absolute atomic E-state index is 13.2. The lowest BCUT2D eigenvalue weighted by Crippen LogP contribution is -2.48. The molecule has 2 aliphatic heterocycles. The summed E-state index contributed by atoms with van der Waals surface area (Å²) in [4.78, 5) is 71.3.